The van der Waals surface area contributed by atoms with E-state index in [1.165, 1.54) is 11.8 Å². The lowest BCUT2D eigenvalue weighted by molar-refractivity contribution is -0.121. The number of para-hydroxylation sites is 1. The number of sulfonamides is 1. The Bertz CT molecular complexity index is 1210. The summed E-state index contributed by atoms with van der Waals surface area (Å²) in [5.74, 6) is -0.471. The zero-order chi connectivity index (χ0) is 22.3. The Kier molecular flexibility index (Phi) is 5.42. The smallest absolute Gasteiger partial charge is 0.257 e. The van der Waals surface area contributed by atoms with Crippen LogP contribution in [0.1, 0.15) is 23.2 Å². The third-order valence-electron chi connectivity index (χ3n) is 5.84. The number of likely N-dealkylation sites (tertiary alicyclic amines) is 1. The van der Waals surface area contributed by atoms with Gasteiger partial charge in [0.2, 0.25) is 5.91 Å². The number of carbonyl (C=O) groups is 2. The topological polar surface area (TPSA) is 99.1 Å². The summed E-state index contributed by atoms with van der Waals surface area (Å²) >= 11 is 1.27. The highest BCUT2D eigenvalue weighted by Gasteiger charge is 2.34. The minimum absolute atomic E-state index is 0.0165. The van der Waals surface area contributed by atoms with Gasteiger partial charge in [0, 0.05) is 35.8 Å². The molecule has 0 bridgehead atoms. The molecule has 3 aliphatic heterocycles. The first-order valence-corrected chi connectivity index (χ1v) is 12.9. The van der Waals surface area contributed by atoms with Gasteiger partial charge in [-0.25, -0.2) is 8.42 Å². The molecule has 1 N–H and O–H groups in total. The van der Waals surface area contributed by atoms with Crippen molar-refractivity contribution < 1.29 is 18.0 Å². The number of hydrogen-bond donors (Lipinski definition) is 1. The van der Waals surface area contributed by atoms with Crippen molar-refractivity contribution in [3.05, 3.63) is 54.1 Å². The van der Waals surface area contributed by atoms with Gasteiger partial charge in [-0.05, 0) is 54.9 Å². The highest BCUT2D eigenvalue weighted by atomic mass is 32.2. The Labute approximate surface area is 190 Å². The lowest BCUT2D eigenvalue weighted by Gasteiger charge is -2.32. The molecule has 0 spiro atoms. The molecule has 2 amide bonds. The van der Waals surface area contributed by atoms with Crippen LogP contribution < -0.4 is 10.2 Å². The van der Waals surface area contributed by atoms with E-state index in [2.05, 4.69) is 9.71 Å². The Hall–Kier alpha value is -2.85. The molecule has 3 aliphatic rings. The molecule has 0 aliphatic carbocycles. The van der Waals surface area contributed by atoms with Gasteiger partial charge in [0.25, 0.3) is 15.9 Å². The predicted molar refractivity (Wildman–Crippen MR) is 125 cm³/mol. The molecule has 1 unspecified atom stereocenters. The van der Waals surface area contributed by atoms with E-state index in [4.69, 9.17) is 0 Å². The number of hydrogen-bond acceptors (Lipinski definition) is 6. The van der Waals surface area contributed by atoms with Crippen LogP contribution in [0.15, 0.2) is 57.8 Å². The van der Waals surface area contributed by atoms with Crippen LogP contribution in [0.2, 0.25) is 0 Å². The van der Waals surface area contributed by atoms with Crippen molar-refractivity contribution in [2.75, 3.05) is 35.6 Å². The monoisotopic (exact) mass is 470 g/mol. The number of carbonyl (C=O) groups excluding carboxylic acids is 2. The molecule has 1 fully saturated rings. The van der Waals surface area contributed by atoms with E-state index in [-0.39, 0.29) is 23.5 Å². The zero-order valence-corrected chi connectivity index (χ0v) is 18.9. The zero-order valence-electron chi connectivity index (χ0n) is 17.2. The van der Waals surface area contributed by atoms with Gasteiger partial charge < -0.3 is 15.1 Å². The summed E-state index contributed by atoms with van der Waals surface area (Å²) in [5, 5.41) is 3.37. The maximum absolute atomic E-state index is 13.2. The molecule has 5 rings (SSSR count). The molecule has 10 heteroatoms. The van der Waals surface area contributed by atoms with Crippen molar-refractivity contribution in [1.29, 1.82) is 0 Å². The molecule has 2 aromatic rings. The number of piperidine rings is 1. The third kappa shape index (κ3) is 4.12. The third-order valence-corrected chi connectivity index (χ3v) is 8.15. The maximum atomic E-state index is 13.2. The Balaban J connectivity index is 1.29. The van der Waals surface area contributed by atoms with Gasteiger partial charge >= 0.3 is 0 Å². The van der Waals surface area contributed by atoms with Gasteiger partial charge in [-0.2, -0.15) is 0 Å². The van der Waals surface area contributed by atoms with E-state index in [1.54, 1.807) is 17.0 Å². The standard InChI is InChI=1S/C22H22N4O4S2/c27-20(23-17-6-2-1-3-7-17)16-5-4-10-25(14-16)21(28)15-8-9-18-19(13-15)31-22-24-32(29,30)12-11-26(18)22/h1-3,6-9,13,16H,4-5,10-12,14H2,(H,23,27). The lowest BCUT2D eigenvalue weighted by Crippen LogP contribution is -2.43. The number of nitrogens with zero attached hydrogens (tertiary/aromatic N) is 3. The first kappa shape index (κ1) is 21.0. The average Bonchev–Trinajstić information content (AvgIpc) is 3.14. The van der Waals surface area contributed by atoms with Crippen molar-refractivity contribution in [2.45, 2.75) is 17.7 Å². The number of fused-ring (bicyclic) bond motifs is 3. The van der Waals surface area contributed by atoms with Crippen LogP contribution >= 0.6 is 11.8 Å². The van der Waals surface area contributed by atoms with Gasteiger partial charge in [-0.15, -0.1) is 4.40 Å². The summed E-state index contributed by atoms with van der Waals surface area (Å²) in [5.41, 5.74) is 2.15. The van der Waals surface area contributed by atoms with Crippen molar-refractivity contribution in [2.24, 2.45) is 10.3 Å². The summed E-state index contributed by atoms with van der Waals surface area (Å²) in [7, 11) is -3.42. The number of nitrogens with one attached hydrogen (secondary N) is 1. The van der Waals surface area contributed by atoms with E-state index >= 15 is 0 Å². The van der Waals surface area contributed by atoms with Crippen LogP contribution in [0, 0.1) is 5.92 Å². The highest BCUT2D eigenvalue weighted by molar-refractivity contribution is 8.15. The van der Waals surface area contributed by atoms with Crippen molar-refractivity contribution in [3.8, 4) is 0 Å². The first-order chi connectivity index (χ1) is 15.4. The largest absolute Gasteiger partial charge is 0.338 e. The molecule has 0 radical (unpaired) electrons. The van der Waals surface area contributed by atoms with Gasteiger partial charge in [-0.3, -0.25) is 9.59 Å². The Morgan fingerprint density at radius 2 is 1.91 bits per heavy atom. The molecule has 0 aromatic heterocycles. The number of amidine groups is 1. The van der Waals surface area contributed by atoms with Gasteiger partial charge in [0.05, 0.1) is 17.4 Å². The SMILES string of the molecule is O=C(Nc1ccccc1)C1CCCN(C(=O)c2ccc3c(c2)SC2=NS(=O)(=O)CCN23)C1. The van der Waals surface area contributed by atoms with Gasteiger partial charge in [0.15, 0.2) is 5.17 Å². The van der Waals surface area contributed by atoms with Crippen molar-refractivity contribution in [3.63, 3.8) is 0 Å². The molecular weight excluding hydrogens is 448 g/mol. The lowest BCUT2D eigenvalue weighted by atomic mass is 9.96. The summed E-state index contributed by atoms with van der Waals surface area (Å²) in [4.78, 5) is 30.3. The van der Waals surface area contributed by atoms with E-state index in [9.17, 15) is 18.0 Å². The molecule has 32 heavy (non-hydrogen) atoms. The number of rotatable bonds is 3. The average molecular weight is 471 g/mol. The van der Waals surface area contributed by atoms with Crippen molar-refractivity contribution in [1.82, 2.24) is 4.90 Å². The highest BCUT2D eigenvalue weighted by Crippen LogP contribution is 2.42. The summed E-state index contributed by atoms with van der Waals surface area (Å²) in [6.45, 7) is 1.34. The molecule has 1 saturated heterocycles. The normalized spacial score (nSPS) is 21.4. The van der Waals surface area contributed by atoms with Gasteiger partial charge in [-0.1, -0.05) is 18.2 Å². The quantitative estimate of drug-likeness (QED) is 0.741. The summed E-state index contributed by atoms with van der Waals surface area (Å²) in [6.07, 6.45) is 1.51. The second-order valence-corrected chi connectivity index (χ2v) is 10.8. The Morgan fingerprint density at radius 3 is 2.72 bits per heavy atom. The molecular formula is C22H22N4O4S2. The predicted octanol–water partition coefficient (Wildman–Crippen LogP) is 2.79. The maximum Gasteiger partial charge on any atom is 0.257 e. The van der Waals surface area contributed by atoms with Crippen LogP contribution in [0.5, 0.6) is 0 Å². The van der Waals surface area contributed by atoms with Gasteiger partial charge in [0.1, 0.15) is 0 Å². The molecule has 0 saturated carbocycles. The minimum atomic E-state index is -3.42. The fourth-order valence-electron chi connectivity index (χ4n) is 4.19. The molecule has 3 heterocycles. The van der Waals surface area contributed by atoms with Crippen LogP contribution in [0.25, 0.3) is 0 Å². The summed E-state index contributed by atoms with van der Waals surface area (Å²) in [6, 6.07) is 14.7. The molecule has 8 nitrogen and oxygen atoms in total. The second-order valence-electron chi connectivity index (χ2n) is 8.04. The fraction of sp³-hybridized carbons (Fsp3) is 0.318. The van der Waals surface area contributed by atoms with Crippen LogP contribution in [0.4, 0.5) is 11.4 Å². The van der Waals surface area contributed by atoms with Crippen LogP contribution in [-0.2, 0) is 14.8 Å². The van der Waals surface area contributed by atoms with Crippen molar-refractivity contribution >= 4 is 50.1 Å². The van der Waals surface area contributed by atoms with Crippen LogP contribution in [0.3, 0.4) is 0 Å². The number of benzene rings is 2. The van der Waals surface area contributed by atoms with Crippen LogP contribution in [-0.4, -0.2) is 55.7 Å². The minimum Gasteiger partial charge on any atom is -0.338 e. The Morgan fingerprint density at radius 1 is 1.09 bits per heavy atom. The number of thioether (sulfide) groups is 1. The molecule has 2 aromatic carbocycles. The number of anilines is 2. The van der Waals surface area contributed by atoms with E-state index in [1.807, 2.05) is 41.3 Å². The van der Waals surface area contributed by atoms with E-state index in [0.717, 1.165) is 29.1 Å². The number of amides is 2. The molecule has 166 valence electrons. The first-order valence-electron chi connectivity index (χ1n) is 10.5. The van der Waals surface area contributed by atoms with E-state index in [0.29, 0.717) is 30.4 Å². The summed E-state index contributed by atoms with van der Waals surface area (Å²) < 4.78 is 27.5. The van der Waals surface area contributed by atoms with E-state index < -0.39 is 10.0 Å². The molecule has 1 atom stereocenters. The fourth-order valence-corrected chi connectivity index (χ4v) is 6.48. The second kappa shape index (κ2) is 8.25.